The minimum absolute atomic E-state index is 0.241. The Morgan fingerprint density at radius 2 is 1.45 bits per heavy atom. The summed E-state index contributed by atoms with van der Waals surface area (Å²) in [6.07, 6.45) is 1.67. The van der Waals surface area contributed by atoms with Crippen molar-refractivity contribution in [2.45, 2.75) is 25.7 Å². The summed E-state index contributed by atoms with van der Waals surface area (Å²) < 4.78 is 5.42. The van der Waals surface area contributed by atoms with Gasteiger partial charge < -0.3 is 10.1 Å². The molecule has 0 aliphatic rings. The number of ether oxygens (including phenoxy) is 1. The van der Waals surface area contributed by atoms with Gasteiger partial charge in [0.25, 0.3) is 0 Å². The zero-order chi connectivity index (χ0) is 20.5. The lowest BCUT2D eigenvalue weighted by Gasteiger charge is -2.21. The number of carbonyl (C=O) groups is 1. The molecule has 0 spiro atoms. The molecule has 0 aromatic heterocycles. The SMILES string of the molecule is C[Si](C)(/C=C/C(NC(=O)OCc1ccccc1)c1ccccc1)c1ccccc1. The molecule has 3 aromatic rings. The largest absolute Gasteiger partial charge is 0.445 e. The first-order chi connectivity index (χ1) is 14.0. The van der Waals surface area contributed by atoms with E-state index in [0.29, 0.717) is 0 Å². The van der Waals surface area contributed by atoms with Crippen LogP contribution in [-0.2, 0) is 11.3 Å². The number of amides is 1. The topological polar surface area (TPSA) is 38.3 Å². The molecule has 0 aliphatic heterocycles. The molecule has 3 aromatic carbocycles. The van der Waals surface area contributed by atoms with Gasteiger partial charge in [-0.05, 0) is 11.1 Å². The van der Waals surface area contributed by atoms with Crippen LogP contribution in [0.3, 0.4) is 0 Å². The summed E-state index contributed by atoms with van der Waals surface area (Å²) in [6.45, 7) is 4.85. The van der Waals surface area contributed by atoms with Gasteiger partial charge in [0.05, 0.1) is 6.04 Å². The number of hydrogen-bond acceptors (Lipinski definition) is 2. The molecule has 3 nitrogen and oxygen atoms in total. The van der Waals surface area contributed by atoms with E-state index in [4.69, 9.17) is 4.74 Å². The van der Waals surface area contributed by atoms with Gasteiger partial charge in [0.1, 0.15) is 14.7 Å². The summed E-state index contributed by atoms with van der Waals surface area (Å²) in [6, 6.07) is 30.0. The Labute approximate surface area is 174 Å². The van der Waals surface area contributed by atoms with Crippen LogP contribution in [0, 0.1) is 0 Å². The third-order valence-corrected chi connectivity index (χ3v) is 7.72. The van der Waals surface area contributed by atoms with E-state index in [9.17, 15) is 4.79 Å². The number of hydrogen-bond donors (Lipinski definition) is 1. The summed E-state index contributed by atoms with van der Waals surface area (Å²) >= 11 is 0. The summed E-state index contributed by atoms with van der Waals surface area (Å²) in [7, 11) is -1.77. The lowest BCUT2D eigenvalue weighted by Crippen LogP contribution is -2.39. The van der Waals surface area contributed by atoms with Crippen molar-refractivity contribution in [2.24, 2.45) is 0 Å². The number of carbonyl (C=O) groups excluding carboxylic acids is 1. The van der Waals surface area contributed by atoms with E-state index in [1.54, 1.807) is 0 Å². The number of rotatable bonds is 7. The van der Waals surface area contributed by atoms with Crippen LogP contribution in [0.1, 0.15) is 17.2 Å². The fourth-order valence-electron chi connectivity index (χ4n) is 3.10. The van der Waals surface area contributed by atoms with Gasteiger partial charge in [-0.25, -0.2) is 4.79 Å². The lowest BCUT2D eigenvalue weighted by molar-refractivity contribution is 0.137. The molecule has 148 valence electrons. The van der Waals surface area contributed by atoms with Crippen LogP contribution >= 0.6 is 0 Å². The molecule has 0 bridgehead atoms. The maximum absolute atomic E-state index is 12.4. The molecule has 0 saturated carbocycles. The Bertz CT molecular complexity index is 925. The van der Waals surface area contributed by atoms with Gasteiger partial charge in [0.2, 0.25) is 0 Å². The van der Waals surface area contributed by atoms with Gasteiger partial charge in [-0.2, -0.15) is 0 Å². The van der Waals surface area contributed by atoms with E-state index in [2.05, 4.69) is 54.5 Å². The standard InChI is InChI=1S/C25H27NO2Si/c1-29(2,23-16-10-5-11-17-23)19-18-24(22-14-8-4-9-15-22)26-25(27)28-20-21-12-6-3-7-13-21/h3-19,24H,20H2,1-2H3,(H,26,27)/b19-18+. The first-order valence-electron chi connectivity index (χ1n) is 9.82. The van der Waals surface area contributed by atoms with Crippen LogP contribution in [0.2, 0.25) is 13.1 Å². The molecule has 3 rings (SSSR count). The van der Waals surface area contributed by atoms with E-state index in [0.717, 1.165) is 11.1 Å². The molecular formula is C25H27NO2Si. The highest BCUT2D eigenvalue weighted by Crippen LogP contribution is 2.17. The fourth-order valence-corrected chi connectivity index (χ4v) is 5.01. The Balaban J connectivity index is 1.72. The summed E-state index contributed by atoms with van der Waals surface area (Å²) in [5.41, 5.74) is 4.27. The van der Waals surface area contributed by atoms with Gasteiger partial charge in [0.15, 0.2) is 0 Å². The molecule has 1 atom stereocenters. The summed E-state index contributed by atoms with van der Waals surface area (Å²) in [5.74, 6) is 0. The second kappa shape index (κ2) is 9.89. The maximum atomic E-state index is 12.4. The minimum Gasteiger partial charge on any atom is -0.445 e. The van der Waals surface area contributed by atoms with E-state index in [-0.39, 0.29) is 12.6 Å². The smallest absolute Gasteiger partial charge is 0.408 e. The van der Waals surface area contributed by atoms with E-state index in [1.807, 2.05) is 66.7 Å². The zero-order valence-electron chi connectivity index (χ0n) is 16.9. The summed E-state index contributed by atoms with van der Waals surface area (Å²) in [4.78, 5) is 12.4. The van der Waals surface area contributed by atoms with E-state index < -0.39 is 14.2 Å². The van der Waals surface area contributed by atoms with Crippen molar-refractivity contribution < 1.29 is 9.53 Å². The Morgan fingerprint density at radius 1 is 0.897 bits per heavy atom. The molecule has 29 heavy (non-hydrogen) atoms. The fraction of sp³-hybridized carbons (Fsp3) is 0.160. The van der Waals surface area contributed by atoms with Crippen LogP contribution in [-0.4, -0.2) is 14.2 Å². The highest BCUT2D eigenvalue weighted by atomic mass is 28.3. The van der Waals surface area contributed by atoms with Crippen LogP contribution in [0.25, 0.3) is 0 Å². The van der Waals surface area contributed by atoms with Crippen molar-refractivity contribution in [1.29, 1.82) is 0 Å². The molecule has 0 fully saturated rings. The molecule has 0 radical (unpaired) electrons. The molecule has 1 unspecified atom stereocenters. The molecule has 1 amide bonds. The predicted octanol–water partition coefficient (Wildman–Crippen LogP) is 5.37. The zero-order valence-corrected chi connectivity index (χ0v) is 17.9. The quantitative estimate of drug-likeness (QED) is 0.541. The van der Waals surface area contributed by atoms with Gasteiger partial charge >= 0.3 is 6.09 Å². The Morgan fingerprint density at radius 3 is 2.07 bits per heavy atom. The predicted molar refractivity (Wildman–Crippen MR) is 122 cm³/mol. The second-order valence-corrected chi connectivity index (χ2v) is 11.9. The highest BCUT2D eigenvalue weighted by molar-refractivity contribution is 6.93. The van der Waals surface area contributed by atoms with Crippen LogP contribution in [0.15, 0.2) is 103 Å². The van der Waals surface area contributed by atoms with Crippen molar-refractivity contribution in [3.8, 4) is 0 Å². The van der Waals surface area contributed by atoms with Gasteiger partial charge in [0, 0.05) is 0 Å². The molecule has 4 heteroatoms. The van der Waals surface area contributed by atoms with Crippen molar-refractivity contribution in [2.75, 3.05) is 0 Å². The van der Waals surface area contributed by atoms with Gasteiger partial charge in [-0.3, -0.25) is 0 Å². The Kier molecular flexibility index (Phi) is 7.03. The number of nitrogens with one attached hydrogen (secondary N) is 1. The Hall–Kier alpha value is -3.11. The van der Waals surface area contributed by atoms with Crippen molar-refractivity contribution in [1.82, 2.24) is 5.32 Å². The monoisotopic (exact) mass is 401 g/mol. The third kappa shape index (κ3) is 6.19. The number of alkyl carbamates (subject to hydrolysis) is 1. The van der Waals surface area contributed by atoms with Crippen molar-refractivity contribution >= 4 is 19.4 Å². The first-order valence-corrected chi connectivity index (χ1v) is 12.9. The first kappa shape index (κ1) is 20.6. The van der Waals surface area contributed by atoms with E-state index >= 15 is 0 Å². The minimum atomic E-state index is -1.77. The van der Waals surface area contributed by atoms with Crippen LogP contribution in [0.4, 0.5) is 4.79 Å². The molecule has 0 heterocycles. The average molecular weight is 402 g/mol. The second-order valence-electron chi connectivity index (χ2n) is 7.54. The summed E-state index contributed by atoms with van der Waals surface area (Å²) in [5, 5.41) is 4.36. The van der Waals surface area contributed by atoms with Crippen molar-refractivity contribution in [3.05, 3.63) is 114 Å². The average Bonchev–Trinajstić information content (AvgIpc) is 2.77. The van der Waals surface area contributed by atoms with Crippen LogP contribution in [0.5, 0.6) is 0 Å². The highest BCUT2D eigenvalue weighted by Gasteiger charge is 2.21. The van der Waals surface area contributed by atoms with Crippen molar-refractivity contribution in [3.63, 3.8) is 0 Å². The normalized spacial score (nSPS) is 12.5. The van der Waals surface area contributed by atoms with Gasteiger partial charge in [-0.15, -0.1) is 0 Å². The molecule has 1 N–H and O–H groups in total. The maximum Gasteiger partial charge on any atom is 0.408 e. The van der Waals surface area contributed by atoms with E-state index in [1.165, 1.54) is 5.19 Å². The third-order valence-electron chi connectivity index (χ3n) is 4.87. The molecule has 0 aliphatic carbocycles. The van der Waals surface area contributed by atoms with Crippen LogP contribution < -0.4 is 10.5 Å². The number of benzene rings is 3. The lowest BCUT2D eigenvalue weighted by atomic mass is 10.1. The molecular weight excluding hydrogens is 374 g/mol. The molecule has 0 saturated heterocycles. The van der Waals surface area contributed by atoms with Gasteiger partial charge in [-0.1, -0.05) is 121 Å².